The number of nitrogens with one attached hydrogen (secondary N) is 10. The summed E-state index contributed by atoms with van der Waals surface area (Å²) in [4.78, 5) is 122. The molecule has 3 atom stereocenters. The lowest BCUT2D eigenvalue weighted by molar-refractivity contribution is -0.142. The second-order valence-corrected chi connectivity index (χ2v) is 34.2. The molecule has 7 aromatic carbocycles. The fourth-order valence-corrected chi connectivity index (χ4v) is 18.2. The molecule has 133 heavy (non-hydrogen) atoms. The molecule has 0 saturated carbocycles. The summed E-state index contributed by atoms with van der Waals surface area (Å²) in [5.41, 5.74) is 48.6. The SMILES string of the molecule is C[C@@H](C(=O)Nc1cc2c3c(c(-c4cn(C)cn4)[nH]c3c1)C=NNC2=O)C1Cc2ccccc2C1.C[C@@H](C(=O)O)C1Cc2ccccc2C1.Cc1cc2c3c(c(-c4cn(C)cn4)[nH]c3c1)C=NNC2=O.Cc1cn(C)cn1.Cl.Cl.Cn1cnc(-c2[nH]c3cc(N)cc4c3c2C=NNC4=O)c1.Cn1cnc(-c2[nH]c3cc(NC(=O)[C@H](N)C4Cc5ccccc5C4)cc4c3c2C=NNC4=O)c1. The Balaban J connectivity index is 0.000000122. The van der Waals surface area contributed by atoms with Gasteiger partial charge in [-0.05, 0) is 158 Å². The fourth-order valence-electron chi connectivity index (χ4n) is 18.2. The van der Waals surface area contributed by atoms with Crippen molar-refractivity contribution in [1.29, 1.82) is 0 Å². The van der Waals surface area contributed by atoms with Crippen LogP contribution >= 0.6 is 24.8 Å². The number of carbonyl (C=O) groups is 7. The lowest BCUT2D eigenvalue weighted by Crippen LogP contribution is -2.42. The maximum atomic E-state index is 13.2. The molecule has 0 fully saturated rings. The number of rotatable bonds is 12. The molecule has 16 aromatic rings. The summed E-state index contributed by atoms with van der Waals surface area (Å²) in [7, 11) is 9.57. The molecule has 0 bridgehead atoms. The molecule has 4 aliphatic heterocycles. The van der Waals surface area contributed by atoms with E-state index in [2.05, 4.69) is 134 Å². The van der Waals surface area contributed by atoms with Gasteiger partial charge in [0.1, 0.15) is 22.8 Å². The van der Waals surface area contributed by atoms with E-state index in [0.29, 0.717) is 44.8 Å². The molecule has 676 valence electrons. The van der Waals surface area contributed by atoms with Crippen molar-refractivity contribution in [3.8, 4) is 45.6 Å². The van der Waals surface area contributed by atoms with Crippen LogP contribution in [0.4, 0.5) is 17.1 Å². The number of fused-ring (bicyclic) bond motifs is 3. The van der Waals surface area contributed by atoms with Crippen LogP contribution in [0.15, 0.2) is 204 Å². The number of nitrogen functional groups attached to an aromatic ring is 1. The van der Waals surface area contributed by atoms with Crippen molar-refractivity contribution < 1.29 is 38.7 Å². The van der Waals surface area contributed by atoms with Gasteiger partial charge >= 0.3 is 5.97 Å². The number of aliphatic carboxylic acids is 1. The first-order valence-electron chi connectivity index (χ1n) is 42.7. The maximum absolute atomic E-state index is 13.2. The van der Waals surface area contributed by atoms with E-state index in [1.165, 1.54) is 33.4 Å². The van der Waals surface area contributed by atoms with Crippen LogP contribution < -0.4 is 43.8 Å². The fraction of sp³-hybridized carbons (Fsp3) is 0.216. The molecule has 34 nitrogen and oxygen atoms in total. The molecule has 9 aromatic heterocycles. The van der Waals surface area contributed by atoms with Crippen LogP contribution in [0.5, 0.6) is 0 Å². The Bertz CT molecular complexity index is 6960. The standard InChI is InChI=1S/C26H24N6O2.C25H23N7O2.C15H13N5O.C14H12N6O.C12H14O2.C5H8N2.2ClH/c1-14(17-7-15-5-3-4-6-16(15)8-17)25(33)29-18-9-19-23-20(11-28-31-26(19)34)24(30-21(23)10-18)22-12-32(2)13-27-22;1-32-11-20(27-12-32)23-18-10-28-31-24(33)17-8-16(9-19(30-23)21(17)18)29-25(34)22(26)15-6-13-4-2-3-5-14(13)7-15;1-8-3-9-13-10(5-17-19-15(9)21)14(18-11(13)4-8)12-6-20(2)7-16-12;1-20-5-11(16-6-20)13-9-4-17-19-14(21)8-2-7(15)3-10(18-13)12(8)9;1-8(12(13)14)11-6-9-4-2-3-5-10(9)7-11;1-5-3-7(2)4-6-5;;/h3-6,9-14,17,30H,7-8H2,1-2H3,(H,29,33)(H,31,34);2-5,8-12,15,22,30H,6-7,26H2,1H3,(H,29,34)(H,31,33);3-7,18H,1-2H3,(H,19,21);2-6,18H,15H2,1H3,(H,19,21);2-5,8,11H,6-7H2,1H3,(H,13,14);3-4H,1-2H3;2*1H/t14-;22-;;;8-;;;/m11..1.../s1. The van der Waals surface area contributed by atoms with E-state index in [1.807, 2.05) is 170 Å². The first-order valence-corrected chi connectivity index (χ1v) is 42.7. The molecule has 0 spiro atoms. The van der Waals surface area contributed by atoms with Crippen LogP contribution in [0, 0.1) is 43.4 Å². The number of amides is 6. The molecule has 0 unspecified atom stereocenters. The number of anilines is 3. The third kappa shape index (κ3) is 18.5. The average molecular weight is 1820 g/mol. The van der Waals surface area contributed by atoms with Gasteiger partial charge in [-0.15, -0.1) is 24.8 Å². The summed E-state index contributed by atoms with van der Waals surface area (Å²) in [6.45, 7) is 7.72. The predicted octanol–water partition coefficient (Wildman–Crippen LogP) is 12.8. The third-order valence-corrected chi connectivity index (χ3v) is 24.8. The van der Waals surface area contributed by atoms with Gasteiger partial charge in [-0.2, -0.15) is 20.4 Å². The van der Waals surface area contributed by atoms with Gasteiger partial charge in [0.2, 0.25) is 11.8 Å². The molecule has 0 radical (unpaired) electrons. The van der Waals surface area contributed by atoms with Gasteiger partial charge in [0, 0.05) is 155 Å². The van der Waals surface area contributed by atoms with E-state index in [0.717, 1.165) is 156 Å². The highest BCUT2D eigenvalue weighted by molar-refractivity contribution is 6.22. The minimum Gasteiger partial charge on any atom is -0.481 e. The molecule has 13 heterocycles. The van der Waals surface area contributed by atoms with Gasteiger partial charge in [-0.3, -0.25) is 33.6 Å². The van der Waals surface area contributed by atoms with Crippen molar-refractivity contribution in [3.63, 3.8) is 0 Å². The number of aromatic nitrogens is 14. The van der Waals surface area contributed by atoms with E-state index in [9.17, 15) is 33.6 Å². The summed E-state index contributed by atoms with van der Waals surface area (Å²) in [5.74, 6) is -1.95. The third-order valence-electron chi connectivity index (χ3n) is 24.8. The van der Waals surface area contributed by atoms with Gasteiger partial charge in [0.25, 0.3) is 23.6 Å². The zero-order chi connectivity index (χ0) is 91.3. The first kappa shape index (κ1) is 90.4. The van der Waals surface area contributed by atoms with Crippen LogP contribution in [0.1, 0.15) is 122 Å². The van der Waals surface area contributed by atoms with Crippen LogP contribution in [0.3, 0.4) is 0 Å². The van der Waals surface area contributed by atoms with Crippen molar-refractivity contribution in [3.05, 3.63) is 273 Å². The molecular formula is C97H96Cl2N26O8. The zero-order valence-electron chi connectivity index (χ0n) is 73.9. The number of aryl methyl sites for hydroxylation is 7. The van der Waals surface area contributed by atoms with Crippen molar-refractivity contribution in [2.45, 2.75) is 72.3 Å². The number of hydrazone groups is 4. The highest BCUT2D eigenvalue weighted by Crippen LogP contribution is 2.41. The predicted molar refractivity (Wildman–Crippen MR) is 517 cm³/mol. The summed E-state index contributed by atoms with van der Waals surface area (Å²) in [6, 6.07) is 38.6. The summed E-state index contributed by atoms with van der Waals surface area (Å²) in [6.07, 6.45) is 30.0. The van der Waals surface area contributed by atoms with E-state index < -0.39 is 12.0 Å². The molecular weight excluding hydrogens is 1730 g/mol. The summed E-state index contributed by atoms with van der Waals surface area (Å²) < 4.78 is 9.38. The van der Waals surface area contributed by atoms with E-state index >= 15 is 0 Å². The van der Waals surface area contributed by atoms with E-state index in [4.69, 9.17) is 16.6 Å². The summed E-state index contributed by atoms with van der Waals surface area (Å²) in [5, 5.41) is 34.2. The molecule has 36 heteroatoms. The van der Waals surface area contributed by atoms with Crippen LogP contribution in [0.2, 0.25) is 0 Å². The second kappa shape index (κ2) is 37.6. The Morgan fingerprint density at radius 2 is 0.699 bits per heavy atom. The molecule has 7 aliphatic rings. The number of hydrogen-bond donors (Lipinski definition) is 13. The monoisotopic (exact) mass is 1820 g/mol. The Hall–Kier alpha value is -15.9. The lowest BCUT2D eigenvalue weighted by Gasteiger charge is -2.19. The van der Waals surface area contributed by atoms with Gasteiger partial charge in [0.05, 0.1) is 119 Å². The molecule has 23 rings (SSSR count). The Labute approximate surface area is 773 Å². The highest BCUT2D eigenvalue weighted by atomic mass is 35.5. The van der Waals surface area contributed by atoms with Crippen LogP contribution in [-0.2, 0) is 88.1 Å². The minimum atomic E-state index is -0.678. The first-order chi connectivity index (χ1) is 63.2. The van der Waals surface area contributed by atoms with E-state index in [-0.39, 0.29) is 89.8 Å². The Morgan fingerprint density at radius 1 is 0.398 bits per heavy atom. The smallest absolute Gasteiger partial charge is 0.306 e. The number of aromatic amines is 4. The van der Waals surface area contributed by atoms with Crippen molar-refractivity contribution >= 4 is 152 Å². The number of carboxylic acid groups (broad SMARTS) is 1. The van der Waals surface area contributed by atoms with Gasteiger partial charge in [0.15, 0.2) is 0 Å². The molecule has 6 amide bonds. The van der Waals surface area contributed by atoms with Gasteiger partial charge in [-0.1, -0.05) is 86.6 Å². The van der Waals surface area contributed by atoms with Gasteiger partial charge in [-0.25, -0.2) is 46.6 Å². The number of halogens is 2. The number of carboxylic acids is 1. The summed E-state index contributed by atoms with van der Waals surface area (Å²) >= 11 is 0. The van der Waals surface area contributed by atoms with Gasteiger partial charge < -0.3 is 70.0 Å². The number of benzene rings is 7. The Kier molecular flexibility index (Phi) is 25.6. The number of carbonyl (C=O) groups excluding carboxylic acids is 6. The normalized spacial score (nSPS) is 14.7. The zero-order valence-corrected chi connectivity index (χ0v) is 75.5. The number of nitrogens with zero attached hydrogens (tertiary/aromatic N) is 14. The number of hydrogen-bond acceptors (Lipinski definition) is 18. The maximum Gasteiger partial charge on any atom is 0.306 e. The van der Waals surface area contributed by atoms with Crippen LogP contribution in [0.25, 0.3) is 89.2 Å². The quantitative estimate of drug-likeness (QED) is 0.0506. The Morgan fingerprint density at radius 3 is 1.02 bits per heavy atom. The minimum absolute atomic E-state index is 0. The second-order valence-electron chi connectivity index (χ2n) is 34.2. The largest absolute Gasteiger partial charge is 0.481 e. The number of imidazole rings is 5. The lowest BCUT2D eigenvalue weighted by atomic mass is 9.90. The molecule has 3 aliphatic carbocycles. The van der Waals surface area contributed by atoms with Crippen molar-refractivity contribution in [2.24, 2.45) is 91.0 Å². The number of nitrogens with two attached hydrogens (primary N) is 2. The van der Waals surface area contributed by atoms with Crippen molar-refractivity contribution in [1.82, 2.24) is 89.4 Å². The molecule has 15 N–H and O–H groups in total. The van der Waals surface area contributed by atoms with Crippen LogP contribution in [-0.4, -0.2) is 145 Å². The van der Waals surface area contributed by atoms with Crippen molar-refractivity contribution in [2.75, 3.05) is 16.4 Å². The number of H-pyrrole nitrogens is 4. The van der Waals surface area contributed by atoms with E-state index in [1.54, 1.807) is 87.7 Å². The topological polar surface area (TPSA) is 466 Å². The average Bonchev–Trinajstić information content (AvgIpc) is 1.61. The molecule has 0 saturated heterocycles. The highest BCUT2D eigenvalue weighted by Gasteiger charge is 2.36.